The Morgan fingerprint density at radius 2 is 1.81 bits per heavy atom. The lowest BCUT2D eigenvalue weighted by atomic mass is 9.99. The van der Waals surface area contributed by atoms with Crippen molar-refractivity contribution in [3.63, 3.8) is 0 Å². The number of nitrogens with one attached hydrogen (secondary N) is 1. The van der Waals surface area contributed by atoms with E-state index < -0.39 is 20.5 Å². The standard InChI is InChI=1S/C10H20INO3S/c1-9(2,3)12-7(6-16(14)15)8(13)10(4,5)11/h7,12H,6H2,1-5H3,(H,14,15). The number of carbonyl (C=O) groups excluding carboxylic acids is 1. The van der Waals surface area contributed by atoms with Crippen LogP contribution >= 0.6 is 22.6 Å². The topological polar surface area (TPSA) is 66.4 Å². The highest BCUT2D eigenvalue weighted by molar-refractivity contribution is 14.1. The van der Waals surface area contributed by atoms with E-state index in [4.69, 9.17) is 4.55 Å². The molecule has 16 heavy (non-hydrogen) atoms. The molecule has 4 nitrogen and oxygen atoms in total. The molecule has 0 rings (SSSR count). The first-order valence-electron chi connectivity index (χ1n) is 5.02. The van der Waals surface area contributed by atoms with Gasteiger partial charge in [-0.15, -0.1) is 0 Å². The first kappa shape index (κ1) is 16.5. The molecule has 0 aromatic carbocycles. The lowest BCUT2D eigenvalue weighted by Crippen LogP contribution is -2.54. The summed E-state index contributed by atoms with van der Waals surface area (Å²) < 4.78 is 19.2. The molecule has 2 N–H and O–H groups in total. The maximum atomic E-state index is 12.1. The number of ketones is 1. The van der Waals surface area contributed by atoms with E-state index in [1.165, 1.54) is 0 Å². The number of rotatable bonds is 5. The van der Waals surface area contributed by atoms with E-state index >= 15 is 0 Å². The Morgan fingerprint density at radius 1 is 1.38 bits per heavy atom. The molecule has 0 aromatic rings. The molecule has 0 amide bonds. The number of carbonyl (C=O) groups is 1. The van der Waals surface area contributed by atoms with Crippen LogP contribution in [0, 0.1) is 0 Å². The third-order valence-corrected chi connectivity index (χ3v) is 2.97. The predicted octanol–water partition coefficient (Wildman–Crippen LogP) is 1.75. The van der Waals surface area contributed by atoms with Gasteiger partial charge in [0.2, 0.25) is 0 Å². The quantitative estimate of drug-likeness (QED) is 0.445. The lowest BCUT2D eigenvalue weighted by Gasteiger charge is -2.30. The molecular formula is C10H20INO3S. The number of hydrogen-bond acceptors (Lipinski definition) is 3. The van der Waals surface area contributed by atoms with Crippen LogP contribution in [0.25, 0.3) is 0 Å². The summed E-state index contributed by atoms with van der Waals surface area (Å²) in [6, 6.07) is -0.585. The van der Waals surface area contributed by atoms with Crippen LogP contribution in [0.3, 0.4) is 0 Å². The normalized spacial score (nSPS) is 16.9. The van der Waals surface area contributed by atoms with Crippen molar-refractivity contribution in [3.8, 4) is 0 Å². The van der Waals surface area contributed by atoms with Gasteiger partial charge in [0.05, 0.1) is 15.2 Å². The van der Waals surface area contributed by atoms with Crippen molar-refractivity contribution in [1.29, 1.82) is 0 Å². The molecule has 0 heterocycles. The highest BCUT2D eigenvalue weighted by atomic mass is 127. The largest absolute Gasteiger partial charge is 0.306 e. The third-order valence-electron chi connectivity index (χ3n) is 1.82. The van der Waals surface area contributed by atoms with Gasteiger partial charge in [0, 0.05) is 5.54 Å². The van der Waals surface area contributed by atoms with Gasteiger partial charge in [-0.2, -0.15) is 0 Å². The molecule has 0 radical (unpaired) electrons. The van der Waals surface area contributed by atoms with Crippen molar-refractivity contribution in [2.24, 2.45) is 0 Å². The Morgan fingerprint density at radius 3 is 2.06 bits per heavy atom. The van der Waals surface area contributed by atoms with Crippen LogP contribution < -0.4 is 5.32 Å². The van der Waals surface area contributed by atoms with Crippen molar-refractivity contribution in [1.82, 2.24) is 5.32 Å². The second-order valence-electron chi connectivity index (χ2n) is 5.27. The zero-order chi connectivity index (χ0) is 13.1. The summed E-state index contributed by atoms with van der Waals surface area (Å²) in [5.74, 6) is -0.117. The molecule has 0 aliphatic heterocycles. The first-order valence-corrected chi connectivity index (χ1v) is 7.37. The predicted molar refractivity (Wildman–Crippen MR) is 75.4 cm³/mol. The van der Waals surface area contributed by atoms with Gasteiger partial charge in [0.25, 0.3) is 0 Å². The maximum absolute atomic E-state index is 12.1. The fraction of sp³-hybridized carbons (Fsp3) is 0.900. The minimum absolute atomic E-state index is 0.0505. The van der Waals surface area contributed by atoms with Crippen LogP contribution in [0.5, 0.6) is 0 Å². The molecule has 0 aliphatic carbocycles. The summed E-state index contributed by atoms with van der Waals surface area (Å²) in [7, 11) is 0. The third kappa shape index (κ3) is 6.93. The van der Waals surface area contributed by atoms with Gasteiger partial charge in [0.1, 0.15) is 0 Å². The minimum atomic E-state index is -1.97. The monoisotopic (exact) mass is 361 g/mol. The first-order chi connectivity index (χ1) is 6.93. The molecule has 0 fully saturated rings. The summed E-state index contributed by atoms with van der Waals surface area (Å²) in [5.41, 5.74) is -0.262. The highest BCUT2D eigenvalue weighted by Gasteiger charge is 2.34. The Labute approximate surface area is 113 Å². The van der Waals surface area contributed by atoms with Gasteiger partial charge in [-0.1, -0.05) is 22.6 Å². The Balaban J connectivity index is 4.81. The molecule has 0 aromatic heterocycles. The van der Waals surface area contributed by atoms with Gasteiger partial charge in [-0.05, 0) is 34.6 Å². The van der Waals surface area contributed by atoms with Crippen LogP contribution in [0.4, 0.5) is 0 Å². The van der Waals surface area contributed by atoms with Crippen molar-refractivity contribution in [3.05, 3.63) is 0 Å². The van der Waals surface area contributed by atoms with Gasteiger partial charge < -0.3 is 9.87 Å². The average Bonchev–Trinajstić information content (AvgIpc) is 1.96. The van der Waals surface area contributed by atoms with Gasteiger partial charge in [-0.25, -0.2) is 4.21 Å². The SMILES string of the molecule is CC(C)(C)NC(CS(=O)O)C(=O)C(C)(C)I. The molecule has 0 spiro atoms. The van der Waals surface area contributed by atoms with E-state index in [0.29, 0.717) is 0 Å². The molecular weight excluding hydrogens is 341 g/mol. The Kier molecular flexibility index (Phi) is 6.05. The fourth-order valence-electron chi connectivity index (χ4n) is 1.26. The van der Waals surface area contributed by atoms with Gasteiger partial charge >= 0.3 is 0 Å². The van der Waals surface area contributed by atoms with Crippen LogP contribution in [-0.2, 0) is 15.9 Å². The maximum Gasteiger partial charge on any atom is 0.166 e. The van der Waals surface area contributed by atoms with E-state index in [0.717, 1.165) is 0 Å². The Bertz CT molecular complexity index is 281. The van der Waals surface area contributed by atoms with Crippen molar-refractivity contribution in [2.75, 3.05) is 5.75 Å². The zero-order valence-electron chi connectivity index (χ0n) is 10.3. The summed E-state index contributed by atoms with van der Waals surface area (Å²) in [6.07, 6.45) is 0. The minimum Gasteiger partial charge on any atom is -0.306 e. The number of Topliss-reactive ketones (excluding diaryl/α,β-unsaturated/α-hetero) is 1. The molecule has 0 saturated heterocycles. The second kappa shape index (κ2) is 5.88. The van der Waals surface area contributed by atoms with E-state index in [-0.39, 0.29) is 17.1 Å². The number of hydrogen-bond donors (Lipinski definition) is 2. The number of halogens is 1. The molecule has 2 atom stereocenters. The van der Waals surface area contributed by atoms with Gasteiger partial charge in [0.15, 0.2) is 16.9 Å². The fourth-order valence-corrected chi connectivity index (χ4v) is 2.16. The molecule has 96 valence electrons. The smallest absolute Gasteiger partial charge is 0.166 e. The summed E-state index contributed by atoms with van der Waals surface area (Å²) in [6.45, 7) is 9.37. The second-order valence-corrected chi connectivity index (χ2v) is 8.94. The molecule has 0 saturated carbocycles. The summed E-state index contributed by atoms with van der Waals surface area (Å²) >= 11 is 0.0736. The molecule has 2 unspecified atom stereocenters. The molecule has 6 heteroatoms. The van der Waals surface area contributed by atoms with Crippen molar-refractivity contribution >= 4 is 39.5 Å². The van der Waals surface area contributed by atoms with E-state index in [1.54, 1.807) is 13.8 Å². The number of alkyl halides is 1. The van der Waals surface area contributed by atoms with Crippen LogP contribution in [0.2, 0.25) is 0 Å². The van der Waals surface area contributed by atoms with E-state index in [2.05, 4.69) is 5.32 Å². The van der Waals surface area contributed by atoms with E-state index in [9.17, 15) is 9.00 Å². The molecule has 0 bridgehead atoms. The van der Waals surface area contributed by atoms with Crippen molar-refractivity contribution < 1.29 is 13.6 Å². The van der Waals surface area contributed by atoms with Crippen LogP contribution in [0.15, 0.2) is 0 Å². The van der Waals surface area contributed by atoms with Crippen molar-refractivity contribution in [2.45, 2.75) is 49.6 Å². The van der Waals surface area contributed by atoms with Gasteiger partial charge in [-0.3, -0.25) is 4.79 Å². The average molecular weight is 361 g/mol. The summed E-state index contributed by atoms with van der Waals surface area (Å²) in [4.78, 5) is 12.1. The zero-order valence-corrected chi connectivity index (χ0v) is 13.3. The van der Waals surface area contributed by atoms with E-state index in [1.807, 2.05) is 43.4 Å². The van der Waals surface area contributed by atoms with Crippen LogP contribution in [0.1, 0.15) is 34.6 Å². The summed E-state index contributed by atoms with van der Waals surface area (Å²) in [5, 5.41) is 3.09. The Hall–Kier alpha value is 0.470. The molecule has 0 aliphatic rings. The lowest BCUT2D eigenvalue weighted by molar-refractivity contribution is -0.122. The highest BCUT2D eigenvalue weighted by Crippen LogP contribution is 2.21. The van der Waals surface area contributed by atoms with Crippen LogP contribution in [-0.4, -0.2) is 35.3 Å².